The minimum absolute atomic E-state index is 0.0797. The van der Waals surface area contributed by atoms with E-state index in [9.17, 15) is 4.79 Å². The molecule has 0 spiro atoms. The molecule has 0 unspecified atom stereocenters. The van der Waals surface area contributed by atoms with E-state index in [4.69, 9.17) is 0 Å². The zero-order chi connectivity index (χ0) is 9.84. The van der Waals surface area contributed by atoms with Gasteiger partial charge in [-0.2, -0.15) is 0 Å². The predicted molar refractivity (Wildman–Crippen MR) is 54.1 cm³/mol. The molecule has 1 aromatic rings. The van der Waals surface area contributed by atoms with E-state index in [-0.39, 0.29) is 5.56 Å². The van der Waals surface area contributed by atoms with Gasteiger partial charge in [-0.3, -0.25) is 14.6 Å². The van der Waals surface area contributed by atoms with Gasteiger partial charge >= 0.3 is 0 Å². The van der Waals surface area contributed by atoms with Crippen LogP contribution in [0.25, 0.3) is 0 Å². The maximum absolute atomic E-state index is 11.4. The van der Waals surface area contributed by atoms with Gasteiger partial charge in [0.25, 0.3) is 5.56 Å². The Labute approximate surface area is 78.8 Å². The van der Waals surface area contributed by atoms with Crippen molar-refractivity contribution in [2.45, 2.75) is 46.6 Å². The monoisotopic (exact) mass is 182 g/mol. The second kappa shape index (κ2) is 4.30. The number of unbranched alkanes of at least 4 members (excludes halogenated alkanes) is 1. The van der Waals surface area contributed by atoms with Crippen molar-refractivity contribution in [3.8, 4) is 0 Å². The first-order chi connectivity index (χ1) is 6.20. The van der Waals surface area contributed by atoms with E-state index in [1.165, 1.54) is 0 Å². The highest BCUT2D eigenvalue weighted by atomic mass is 16.1. The summed E-state index contributed by atoms with van der Waals surface area (Å²) in [5.41, 5.74) is 2.10. The Kier molecular flexibility index (Phi) is 3.34. The van der Waals surface area contributed by atoms with Crippen LogP contribution in [0.4, 0.5) is 0 Å². The van der Waals surface area contributed by atoms with Crippen LogP contribution in [-0.4, -0.2) is 9.78 Å². The van der Waals surface area contributed by atoms with Gasteiger partial charge in [0, 0.05) is 17.8 Å². The first-order valence-corrected chi connectivity index (χ1v) is 4.99. The molecule has 0 saturated carbocycles. The summed E-state index contributed by atoms with van der Waals surface area (Å²) >= 11 is 0. The van der Waals surface area contributed by atoms with Crippen molar-refractivity contribution < 1.29 is 0 Å². The van der Waals surface area contributed by atoms with Gasteiger partial charge in [0.05, 0.1) is 0 Å². The molecule has 0 atom stereocenters. The van der Waals surface area contributed by atoms with Gasteiger partial charge in [0.1, 0.15) is 0 Å². The second-order valence-corrected chi connectivity index (χ2v) is 3.36. The minimum Gasteiger partial charge on any atom is -0.289 e. The van der Waals surface area contributed by atoms with Crippen LogP contribution in [0.15, 0.2) is 4.79 Å². The smallest absolute Gasteiger partial charge is 0.267 e. The molecule has 1 N–H and O–H groups in total. The molecule has 0 bridgehead atoms. The molecule has 0 aliphatic carbocycles. The molecular formula is C10H18N2O. The number of H-pyrrole nitrogens is 1. The molecule has 0 aliphatic heterocycles. The highest BCUT2D eigenvalue weighted by Crippen LogP contribution is 2.04. The number of hydrogen-bond acceptors (Lipinski definition) is 1. The average Bonchev–Trinajstić information content (AvgIpc) is 2.38. The normalized spacial score (nSPS) is 10.7. The van der Waals surface area contributed by atoms with Crippen molar-refractivity contribution in [2.75, 3.05) is 0 Å². The lowest BCUT2D eigenvalue weighted by molar-refractivity contribution is 0.555. The molecule has 74 valence electrons. The highest BCUT2D eigenvalue weighted by molar-refractivity contribution is 5.15. The molecule has 3 nitrogen and oxygen atoms in total. The minimum atomic E-state index is 0.0797. The van der Waals surface area contributed by atoms with E-state index in [1.807, 2.05) is 18.5 Å². The quantitative estimate of drug-likeness (QED) is 0.758. The molecule has 0 saturated heterocycles. The molecule has 13 heavy (non-hydrogen) atoms. The van der Waals surface area contributed by atoms with E-state index in [1.54, 1.807) is 0 Å². The van der Waals surface area contributed by atoms with Crippen LogP contribution in [0, 0.1) is 6.92 Å². The largest absolute Gasteiger partial charge is 0.289 e. The van der Waals surface area contributed by atoms with Crippen LogP contribution >= 0.6 is 0 Å². The molecular weight excluding hydrogens is 164 g/mol. The molecule has 1 aromatic heterocycles. The molecule has 3 heteroatoms. The van der Waals surface area contributed by atoms with E-state index in [0.29, 0.717) is 0 Å². The van der Waals surface area contributed by atoms with Crippen LogP contribution in [0.1, 0.15) is 37.9 Å². The lowest BCUT2D eigenvalue weighted by Crippen LogP contribution is -2.07. The molecule has 0 amide bonds. The van der Waals surface area contributed by atoms with E-state index >= 15 is 0 Å². The topological polar surface area (TPSA) is 37.8 Å². The first-order valence-electron chi connectivity index (χ1n) is 4.99. The highest BCUT2D eigenvalue weighted by Gasteiger charge is 2.07. The zero-order valence-electron chi connectivity index (χ0n) is 8.68. The Morgan fingerprint density at radius 2 is 2.08 bits per heavy atom. The standard InChI is InChI=1S/C10H18N2O/c1-4-6-7-12-8(3)9(5-2)10(13)11-12/h4-7H2,1-3H3,(H,11,13). The lowest BCUT2D eigenvalue weighted by Gasteiger charge is -2.03. The van der Waals surface area contributed by atoms with Gasteiger partial charge in [-0.15, -0.1) is 0 Å². The fourth-order valence-corrected chi connectivity index (χ4v) is 1.56. The summed E-state index contributed by atoms with van der Waals surface area (Å²) < 4.78 is 1.96. The maximum Gasteiger partial charge on any atom is 0.267 e. The Bertz CT molecular complexity index is 322. The summed E-state index contributed by atoms with van der Waals surface area (Å²) in [5, 5.41) is 2.86. The molecule has 1 rings (SSSR count). The molecule has 0 fully saturated rings. The van der Waals surface area contributed by atoms with Crippen molar-refractivity contribution in [3.05, 3.63) is 21.6 Å². The predicted octanol–water partition coefficient (Wildman–Crippen LogP) is 1.85. The molecule has 0 radical (unpaired) electrons. The third kappa shape index (κ3) is 2.02. The van der Waals surface area contributed by atoms with E-state index in [2.05, 4.69) is 12.0 Å². The Morgan fingerprint density at radius 3 is 2.54 bits per heavy atom. The summed E-state index contributed by atoms with van der Waals surface area (Å²) in [5.74, 6) is 0. The van der Waals surface area contributed by atoms with Crippen molar-refractivity contribution in [2.24, 2.45) is 0 Å². The van der Waals surface area contributed by atoms with Gasteiger partial charge in [0.2, 0.25) is 0 Å². The number of aromatic amines is 1. The van der Waals surface area contributed by atoms with Crippen molar-refractivity contribution in [3.63, 3.8) is 0 Å². The Balaban J connectivity index is 2.90. The van der Waals surface area contributed by atoms with Gasteiger partial charge in [-0.25, -0.2) is 0 Å². The zero-order valence-corrected chi connectivity index (χ0v) is 8.68. The number of aromatic nitrogens is 2. The van der Waals surface area contributed by atoms with Crippen molar-refractivity contribution in [1.29, 1.82) is 0 Å². The van der Waals surface area contributed by atoms with Gasteiger partial charge in [0.15, 0.2) is 0 Å². The number of hydrogen-bond donors (Lipinski definition) is 1. The number of nitrogens with zero attached hydrogens (tertiary/aromatic N) is 1. The lowest BCUT2D eigenvalue weighted by atomic mass is 10.2. The number of rotatable bonds is 4. The van der Waals surface area contributed by atoms with Gasteiger partial charge in [-0.05, 0) is 19.8 Å². The van der Waals surface area contributed by atoms with Crippen LogP contribution in [0.3, 0.4) is 0 Å². The van der Waals surface area contributed by atoms with Crippen LogP contribution in [0.2, 0.25) is 0 Å². The summed E-state index contributed by atoms with van der Waals surface area (Å²) in [4.78, 5) is 11.4. The third-order valence-corrected chi connectivity index (χ3v) is 2.44. The van der Waals surface area contributed by atoms with Crippen LogP contribution in [-0.2, 0) is 13.0 Å². The Hall–Kier alpha value is -0.990. The SMILES string of the molecule is CCCCn1[nH]c(=O)c(CC)c1C. The van der Waals surface area contributed by atoms with Crippen LogP contribution < -0.4 is 5.56 Å². The molecule has 0 aliphatic rings. The van der Waals surface area contributed by atoms with Crippen molar-refractivity contribution in [1.82, 2.24) is 9.78 Å². The Morgan fingerprint density at radius 1 is 1.38 bits per heavy atom. The fourth-order valence-electron chi connectivity index (χ4n) is 1.56. The maximum atomic E-state index is 11.4. The summed E-state index contributed by atoms with van der Waals surface area (Å²) in [6, 6.07) is 0. The number of aryl methyl sites for hydroxylation is 1. The molecule has 0 aromatic carbocycles. The average molecular weight is 182 g/mol. The molecule has 1 heterocycles. The summed E-state index contributed by atoms with van der Waals surface area (Å²) in [7, 11) is 0. The van der Waals surface area contributed by atoms with Gasteiger partial charge < -0.3 is 0 Å². The third-order valence-electron chi connectivity index (χ3n) is 2.44. The summed E-state index contributed by atoms with van der Waals surface area (Å²) in [6.07, 6.45) is 3.09. The fraction of sp³-hybridized carbons (Fsp3) is 0.700. The number of nitrogens with one attached hydrogen (secondary N) is 1. The van der Waals surface area contributed by atoms with E-state index in [0.717, 1.165) is 37.1 Å². The second-order valence-electron chi connectivity index (χ2n) is 3.36. The van der Waals surface area contributed by atoms with Gasteiger partial charge in [-0.1, -0.05) is 20.3 Å². The van der Waals surface area contributed by atoms with Crippen molar-refractivity contribution >= 4 is 0 Å². The summed E-state index contributed by atoms with van der Waals surface area (Å²) in [6.45, 7) is 7.10. The van der Waals surface area contributed by atoms with Crippen LogP contribution in [0.5, 0.6) is 0 Å². The first kappa shape index (κ1) is 10.1. The van der Waals surface area contributed by atoms with E-state index < -0.39 is 0 Å².